The zero-order valence-electron chi connectivity index (χ0n) is 11.9. The van der Waals surface area contributed by atoms with Gasteiger partial charge in [0.25, 0.3) is 0 Å². The molecule has 4 nitrogen and oxygen atoms in total. The summed E-state index contributed by atoms with van der Waals surface area (Å²) in [5.74, 6) is 0. The van der Waals surface area contributed by atoms with Crippen molar-refractivity contribution in [1.29, 1.82) is 0 Å². The maximum atomic E-state index is 11.9. The number of nitrogens with one attached hydrogen (secondary N) is 1. The first-order valence-corrected chi connectivity index (χ1v) is 6.56. The van der Waals surface area contributed by atoms with E-state index < -0.39 is 11.7 Å². The van der Waals surface area contributed by atoms with Crippen molar-refractivity contribution in [3.63, 3.8) is 0 Å². The van der Waals surface area contributed by atoms with Gasteiger partial charge in [-0.25, -0.2) is 4.79 Å². The summed E-state index contributed by atoms with van der Waals surface area (Å²) in [5, 5.41) is 2.90. The second-order valence-electron chi connectivity index (χ2n) is 5.84. The zero-order valence-corrected chi connectivity index (χ0v) is 11.9. The number of rotatable bonds is 1. The molecule has 1 heterocycles. The fraction of sp³-hybridized carbons (Fsp3) is 0.533. The van der Waals surface area contributed by atoms with Crippen LogP contribution in [0, 0.1) is 0 Å². The highest BCUT2D eigenvalue weighted by Crippen LogP contribution is 2.29. The number of ether oxygens (including phenoxy) is 2. The van der Waals surface area contributed by atoms with Crippen molar-refractivity contribution in [2.24, 2.45) is 0 Å². The fourth-order valence-electron chi connectivity index (χ4n) is 2.17. The Morgan fingerprint density at radius 2 is 2.05 bits per heavy atom. The maximum Gasteiger partial charge on any atom is 0.408 e. The number of hydrogen-bond donors (Lipinski definition) is 1. The first kappa shape index (κ1) is 13.9. The lowest BCUT2D eigenvalue weighted by atomic mass is 9.95. The molecule has 1 amide bonds. The predicted octanol–water partition coefficient (Wildman–Crippen LogP) is 3.17. The quantitative estimate of drug-likeness (QED) is 0.846. The number of amides is 1. The van der Waals surface area contributed by atoms with E-state index in [4.69, 9.17) is 9.47 Å². The molecule has 1 N–H and O–H groups in total. The SMILES string of the molecule is C[C@@H]1OCc2ccccc2[C@H]1NC(=O)OC(C)(C)C. The van der Waals surface area contributed by atoms with Gasteiger partial charge >= 0.3 is 6.09 Å². The van der Waals surface area contributed by atoms with Gasteiger partial charge in [0, 0.05) is 0 Å². The number of hydrogen-bond acceptors (Lipinski definition) is 3. The van der Waals surface area contributed by atoms with E-state index >= 15 is 0 Å². The fourth-order valence-corrected chi connectivity index (χ4v) is 2.17. The highest BCUT2D eigenvalue weighted by Gasteiger charge is 2.29. The van der Waals surface area contributed by atoms with Gasteiger partial charge in [-0.3, -0.25) is 0 Å². The third kappa shape index (κ3) is 3.47. The van der Waals surface area contributed by atoms with Crippen LogP contribution in [0.2, 0.25) is 0 Å². The van der Waals surface area contributed by atoms with Crippen molar-refractivity contribution in [2.75, 3.05) is 0 Å². The molecule has 4 heteroatoms. The molecule has 1 aromatic rings. The summed E-state index contributed by atoms with van der Waals surface area (Å²) in [5.41, 5.74) is 1.72. The third-order valence-electron chi connectivity index (χ3n) is 3.03. The molecule has 1 aliphatic heterocycles. The van der Waals surface area contributed by atoms with Crippen LogP contribution in [-0.4, -0.2) is 17.8 Å². The van der Waals surface area contributed by atoms with Gasteiger partial charge in [0.1, 0.15) is 5.60 Å². The molecule has 0 unspecified atom stereocenters. The largest absolute Gasteiger partial charge is 0.444 e. The van der Waals surface area contributed by atoms with Crippen LogP contribution in [-0.2, 0) is 16.1 Å². The van der Waals surface area contributed by atoms with Crippen LogP contribution in [0.25, 0.3) is 0 Å². The smallest absolute Gasteiger partial charge is 0.408 e. The summed E-state index contributed by atoms with van der Waals surface area (Å²) in [6.07, 6.45) is -0.480. The number of benzene rings is 1. The summed E-state index contributed by atoms with van der Waals surface area (Å²) in [6, 6.07) is 7.82. The van der Waals surface area contributed by atoms with Crippen molar-refractivity contribution in [2.45, 2.75) is 52.0 Å². The summed E-state index contributed by atoms with van der Waals surface area (Å²) >= 11 is 0. The molecule has 2 atom stereocenters. The van der Waals surface area contributed by atoms with E-state index in [1.165, 1.54) is 0 Å². The van der Waals surface area contributed by atoms with Crippen molar-refractivity contribution in [1.82, 2.24) is 5.32 Å². The molecule has 0 fully saturated rings. The topological polar surface area (TPSA) is 47.6 Å². The third-order valence-corrected chi connectivity index (χ3v) is 3.03. The number of fused-ring (bicyclic) bond motifs is 1. The lowest BCUT2D eigenvalue weighted by molar-refractivity contribution is 0.00255. The predicted molar refractivity (Wildman–Crippen MR) is 72.8 cm³/mol. The minimum absolute atomic E-state index is 0.0672. The maximum absolute atomic E-state index is 11.9. The average molecular weight is 263 g/mol. The van der Waals surface area contributed by atoms with E-state index in [0.717, 1.165) is 11.1 Å². The molecular weight excluding hydrogens is 242 g/mol. The molecule has 0 bridgehead atoms. The van der Waals surface area contributed by atoms with Crippen molar-refractivity contribution in [3.05, 3.63) is 35.4 Å². The summed E-state index contributed by atoms with van der Waals surface area (Å²) in [6.45, 7) is 8.09. The second-order valence-corrected chi connectivity index (χ2v) is 5.84. The molecule has 0 aromatic heterocycles. The van der Waals surface area contributed by atoms with Gasteiger partial charge in [-0.15, -0.1) is 0 Å². The van der Waals surface area contributed by atoms with Gasteiger partial charge in [0.2, 0.25) is 0 Å². The number of carbonyl (C=O) groups is 1. The first-order chi connectivity index (χ1) is 8.87. The van der Waals surface area contributed by atoms with E-state index in [1.807, 2.05) is 52.0 Å². The van der Waals surface area contributed by atoms with Gasteiger partial charge in [0.05, 0.1) is 18.8 Å². The van der Waals surface area contributed by atoms with Crippen molar-refractivity contribution < 1.29 is 14.3 Å². The average Bonchev–Trinajstić information content (AvgIpc) is 2.31. The Bertz CT molecular complexity index is 465. The summed E-state index contributed by atoms with van der Waals surface area (Å²) in [7, 11) is 0. The molecule has 104 valence electrons. The highest BCUT2D eigenvalue weighted by molar-refractivity contribution is 5.68. The molecule has 0 spiro atoms. The Morgan fingerprint density at radius 1 is 1.37 bits per heavy atom. The summed E-state index contributed by atoms with van der Waals surface area (Å²) in [4.78, 5) is 11.9. The Balaban J connectivity index is 2.13. The molecule has 1 aromatic carbocycles. The molecule has 2 rings (SSSR count). The minimum atomic E-state index is -0.498. The van der Waals surface area contributed by atoms with Crippen LogP contribution in [0.4, 0.5) is 4.79 Å². The van der Waals surface area contributed by atoms with E-state index in [2.05, 4.69) is 5.32 Å². The van der Waals surface area contributed by atoms with Gasteiger partial charge in [-0.05, 0) is 38.8 Å². The zero-order chi connectivity index (χ0) is 14.0. The van der Waals surface area contributed by atoms with Crippen LogP contribution >= 0.6 is 0 Å². The Labute approximate surface area is 114 Å². The lowest BCUT2D eigenvalue weighted by Crippen LogP contribution is -2.41. The standard InChI is InChI=1S/C15H21NO3/c1-10-13(16-14(17)19-15(2,3)4)12-8-6-5-7-11(12)9-18-10/h5-8,10,13H,9H2,1-4H3,(H,16,17)/t10-,13-/m0/s1. The monoisotopic (exact) mass is 263 g/mol. The Morgan fingerprint density at radius 3 is 2.74 bits per heavy atom. The van der Waals surface area contributed by atoms with E-state index in [0.29, 0.717) is 6.61 Å². The van der Waals surface area contributed by atoms with E-state index in [-0.39, 0.29) is 12.1 Å². The Hall–Kier alpha value is -1.55. The van der Waals surface area contributed by atoms with Crippen LogP contribution in [0.1, 0.15) is 44.9 Å². The van der Waals surface area contributed by atoms with E-state index in [9.17, 15) is 4.79 Å². The van der Waals surface area contributed by atoms with Crippen LogP contribution in [0.5, 0.6) is 0 Å². The van der Waals surface area contributed by atoms with Crippen molar-refractivity contribution in [3.8, 4) is 0 Å². The van der Waals surface area contributed by atoms with Crippen LogP contribution in [0.3, 0.4) is 0 Å². The van der Waals surface area contributed by atoms with Gasteiger partial charge in [-0.2, -0.15) is 0 Å². The van der Waals surface area contributed by atoms with Crippen LogP contribution < -0.4 is 5.32 Å². The van der Waals surface area contributed by atoms with Crippen molar-refractivity contribution >= 4 is 6.09 Å². The lowest BCUT2D eigenvalue weighted by Gasteiger charge is -2.32. The first-order valence-electron chi connectivity index (χ1n) is 6.56. The molecule has 19 heavy (non-hydrogen) atoms. The number of carbonyl (C=O) groups excluding carboxylic acids is 1. The van der Waals surface area contributed by atoms with Gasteiger partial charge in [0.15, 0.2) is 0 Å². The second kappa shape index (κ2) is 5.21. The molecule has 1 aliphatic rings. The normalized spacial score (nSPS) is 22.5. The minimum Gasteiger partial charge on any atom is -0.444 e. The molecule has 0 aliphatic carbocycles. The van der Waals surface area contributed by atoms with E-state index in [1.54, 1.807) is 0 Å². The highest BCUT2D eigenvalue weighted by atomic mass is 16.6. The molecular formula is C15H21NO3. The van der Waals surface area contributed by atoms with Gasteiger partial charge in [-0.1, -0.05) is 24.3 Å². The molecule has 0 saturated heterocycles. The number of alkyl carbamates (subject to hydrolysis) is 1. The molecule has 0 radical (unpaired) electrons. The van der Waals surface area contributed by atoms with Gasteiger partial charge < -0.3 is 14.8 Å². The molecule has 0 saturated carbocycles. The summed E-state index contributed by atoms with van der Waals surface area (Å²) < 4.78 is 11.0. The Kier molecular flexibility index (Phi) is 3.80. The van der Waals surface area contributed by atoms with Crippen LogP contribution in [0.15, 0.2) is 24.3 Å².